The summed E-state index contributed by atoms with van der Waals surface area (Å²) >= 11 is 2.47. The summed E-state index contributed by atoms with van der Waals surface area (Å²) in [5.74, 6) is 0. The second kappa shape index (κ2) is 3.14. The fourth-order valence-corrected chi connectivity index (χ4v) is 7.03. The van der Waals surface area contributed by atoms with Crippen LogP contribution in [0.5, 0.6) is 0 Å². The molecule has 1 aliphatic carbocycles. The van der Waals surface area contributed by atoms with Crippen molar-refractivity contribution in [2.24, 2.45) is 0 Å². The van der Waals surface area contributed by atoms with Gasteiger partial charge in [-0.05, 0) is 0 Å². The molecule has 1 atom stereocenters. The van der Waals surface area contributed by atoms with E-state index >= 15 is 0 Å². The maximum absolute atomic E-state index is 2.59. The van der Waals surface area contributed by atoms with E-state index in [0.717, 1.165) is 0 Å². The van der Waals surface area contributed by atoms with Gasteiger partial charge < -0.3 is 0 Å². The Hall–Kier alpha value is -0.226. The maximum atomic E-state index is 2.59. The minimum absolute atomic E-state index is 0.418. The van der Waals surface area contributed by atoms with E-state index in [1.54, 1.807) is 5.56 Å². The molecule has 0 saturated carbocycles. The molecule has 0 amide bonds. The van der Waals surface area contributed by atoms with Crippen LogP contribution < -0.4 is 0 Å². The normalized spacial score (nSPS) is 31.1. The van der Waals surface area contributed by atoms with Gasteiger partial charge in [0.15, 0.2) is 0 Å². The number of allylic oxidation sites excluding steroid dienone is 1. The van der Waals surface area contributed by atoms with Gasteiger partial charge in [-0.15, -0.1) is 0 Å². The third kappa shape index (κ3) is 1.21. The first-order chi connectivity index (χ1) is 7.16. The van der Waals surface area contributed by atoms with Gasteiger partial charge in [0.1, 0.15) is 0 Å². The average molecular weight is 206 g/mol. The van der Waals surface area contributed by atoms with E-state index in [0.29, 0.717) is 3.71 Å². The van der Waals surface area contributed by atoms with Crippen molar-refractivity contribution < 1.29 is 0 Å². The predicted octanol–water partition coefficient (Wildman–Crippen LogP) is 3.10. The molecule has 2 aliphatic rings. The molecule has 1 aliphatic heterocycles. The van der Waals surface area contributed by atoms with Crippen LogP contribution >= 0.6 is 0 Å². The fourth-order valence-electron chi connectivity index (χ4n) is 3.21. The summed E-state index contributed by atoms with van der Waals surface area (Å²) in [6.45, 7) is 2.59. The molecule has 1 heterocycles. The van der Waals surface area contributed by atoms with Crippen LogP contribution in [-0.2, 0) is 3.71 Å². The Morgan fingerprint density at radius 1 is 1.27 bits per heavy atom. The summed E-state index contributed by atoms with van der Waals surface area (Å²) in [6.07, 6.45) is 6.29. The van der Waals surface area contributed by atoms with Crippen LogP contribution in [0.25, 0.3) is 6.08 Å². The second-order valence-corrected chi connectivity index (χ2v) is 10.7. The Balaban J connectivity index is 2.12. The SMILES string of the molecule is [Li][C]1([Si]2(C)CCC2)C=Cc2ccccc21. The average Bonchev–Trinajstić information content (AvgIpc) is 2.55. The number of hydrogen-bond acceptors (Lipinski definition) is 0. The molecule has 2 heteroatoms. The summed E-state index contributed by atoms with van der Waals surface area (Å²) in [4.78, 5) is 0. The van der Waals surface area contributed by atoms with Crippen molar-refractivity contribution in [3.63, 3.8) is 0 Å². The summed E-state index contributed by atoms with van der Waals surface area (Å²) in [5, 5.41) is 0. The van der Waals surface area contributed by atoms with Gasteiger partial charge in [0.2, 0.25) is 0 Å². The first-order valence-electron chi connectivity index (χ1n) is 5.95. The minimum atomic E-state index is -1.03. The molecule has 15 heavy (non-hydrogen) atoms. The third-order valence-corrected chi connectivity index (χ3v) is 10.7. The van der Waals surface area contributed by atoms with Gasteiger partial charge in [-0.2, -0.15) is 0 Å². The van der Waals surface area contributed by atoms with Crippen molar-refractivity contribution >= 4 is 31.9 Å². The zero-order chi connectivity index (χ0) is 10.5. The standard InChI is InChI=1S/C13H15Si.Li/c1-14(9-4-10-14)13-8-7-11-5-2-3-6-12(11)13;/h2-3,5-8H,4,9-10H2,1H3;. The molecular formula is C13H15LiSi. The molecule has 1 aromatic rings. The third-order valence-electron chi connectivity index (χ3n) is 4.83. The second-order valence-electron chi connectivity index (χ2n) is 5.54. The molecule has 3 rings (SSSR count). The van der Waals surface area contributed by atoms with Gasteiger partial charge in [0.25, 0.3) is 0 Å². The topological polar surface area (TPSA) is 0 Å². The summed E-state index contributed by atoms with van der Waals surface area (Å²) in [5.41, 5.74) is 3.06. The van der Waals surface area contributed by atoms with E-state index in [1.807, 2.05) is 0 Å². The quantitative estimate of drug-likeness (QED) is 0.619. The number of fused-ring (bicyclic) bond motifs is 1. The summed E-state index contributed by atoms with van der Waals surface area (Å²) in [7, 11) is -1.03. The first-order valence-corrected chi connectivity index (χ1v) is 8.86. The molecule has 0 radical (unpaired) electrons. The Bertz CT molecular complexity index is 434. The van der Waals surface area contributed by atoms with Crippen molar-refractivity contribution in [2.45, 2.75) is 28.8 Å². The van der Waals surface area contributed by atoms with Crippen molar-refractivity contribution in [1.29, 1.82) is 0 Å². The van der Waals surface area contributed by atoms with E-state index in [9.17, 15) is 0 Å². The van der Waals surface area contributed by atoms with E-state index in [2.05, 4.69) is 60.7 Å². The van der Waals surface area contributed by atoms with Crippen molar-refractivity contribution in [3.8, 4) is 0 Å². The van der Waals surface area contributed by atoms with Crippen molar-refractivity contribution in [3.05, 3.63) is 41.5 Å². The van der Waals surface area contributed by atoms with Gasteiger partial charge in [0, 0.05) is 0 Å². The van der Waals surface area contributed by atoms with Gasteiger partial charge >= 0.3 is 102 Å². The summed E-state index contributed by atoms with van der Waals surface area (Å²) < 4.78 is 0.418. The molecule has 0 nitrogen and oxygen atoms in total. The molecule has 1 fully saturated rings. The number of rotatable bonds is 1. The zero-order valence-corrected chi connectivity index (χ0v) is 10.6. The number of hydrogen-bond donors (Lipinski definition) is 0. The Morgan fingerprint density at radius 3 is 2.67 bits per heavy atom. The van der Waals surface area contributed by atoms with Crippen LogP contribution in [-0.4, -0.2) is 25.8 Å². The molecule has 1 saturated heterocycles. The van der Waals surface area contributed by atoms with Crippen LogP contribution in [0.15, 0.2) is 30.3 Å². The van der Waals surface area contributed by atoms with E-state index in [4.69, 9.17) is 0 Å². The molecule has 72 valence electrons. The molecule has 0 N–H and O–H groups in total. The Morgan fingerprint density at radius 2 is 2.00 bits per heavy atom. The Labute approximate surface area is 102 Å². The monoisotopic (exact) mass is 206 g/mol. The molecule has 0 bridgehead atoms. The van der Waals surface area contributed by atoms with Crippen LogP contribution in [0.4, 0.5) is 0 Å². The zero-order valence-electron chi connectivity index (χ0n) is 9.59. The van der Waals surface area contributed by atoms with Gasteiger partial charge in [-0.1, -0.05) is 0 Å². The van der Waals surface area contributed by atoms with Crippen LogP contribution in [0.2, 0.25) is 18.6 Å². The van der Waals surface area contributed by atoms with E-state index in [-0.39, 0.29) is 0 Å². The molecule has 0 aromatic heterocycles. The summed E-state index contributed by atoms with van der Waals surface area (Å²) in [6, 6.07) is 12.0. The van der Waals surface area contributed by atoms with E-state index < -0.39 is 8.07 Å². The first kappa shape index (κ1) is 9.96. The molecular weight excluding hydrogens is 191 g/mol. The van der Waals surface area contributed by atoms with Crippen molar-refractivity contribution in [1.82, 2.24) is 0 Å². The Kier molecular flexibility index (Phi) is 2.08. The predicted molar refractivity (Wildman–Crippen MR) is 68.8 cm³/mol. The molecule has 0 spiro atoms. The molecule has 1 aromatic carbocycles. The van der Waals surface area contributed by atoms with Gasteiger partial charge in [-0.3, -0.25) is 0 Å². The fraction of sp³-hybridized carbons (Fsp3) is 0.385. The van der Waals surface area contributed by atoms with Gasteiger partial charge in [-0.25, -0.2) is 0 Å². The van der Waals surface area contributed by atoms with Gasteiger partial charge in [0.05, 0.1) is 0 Å². The molecule has 1 unspecified atom stereocenters. The van der Waals surface area contributed by atoms with Crippen LogP contribution in [0, 0.1) is 0 Å². The van der Waals surface area contributed by atoms with Crippen molar-refractivity contribution in [2.75, 3.05) is 0 Å². The number of benzene rings is 1. The van der Waals surface area contributed by atoms with E-state index in [1.165, 1.54) is 24.1 Å². The van der Waals surface area contributed by atoms with Crippen LogP contribution in [0.1, 0.15) is 17.5 Å². The van der Waals surface area contributed by atoms with Crippen LogP contribution in [0.3, 0.4) is 0 Å².